The van der Waals surface area contributed by atoms with E-state index in [2.05, 4.69) is 5.32 Å². The third-order valence-corrected chi connectivity index (χ3v) is 4.11. The molecule has 0 aromatic heterocycles. The third kappa shape index (κ3) is 3.34. The maximum Gasteiger partial charge on any atom is 0.248 e. The first kappa shape index (κ1) is 15.1. The maximum absolute atomic E-state index is 12.3. The van der Waals surface area contributed by atoms with E-state index in [0.717, 1.165) is 17.7 Å². The molecule has 1 aliphatic carbocycles. The largest absolute Gasteiger partial charge is 0.497 e. The lowest BCUT2D eigenvalue weighted by Gasteiger charge is -2.06. The van der Waals surface area contributed by atoms with Gasteiger partial charge in [-0.3, -0.25) is 9.59 Å². The number of nitrogens with one attached hydrogen (secondary N) is 1. The van der Waals surface area contributed by atoms with Crippen LogP contribution in [0, 0.1) is 5.92 Å². The summed E-state index contributed by atoms with van der Waals surface area (Å²) >= 11 is 0. The van der Waals surface area contributed by atoms with Crippen LogP contribution in [0.2, 0.25) is 0 Å². The predicted octanol–water partition coefficient (Wildman–Crippen LogP) is 2.54. The molecule has 5 heteroatoms. The van der Waals surface area contributed by atoms with Gasteiger partial charge in [0.05, 0.1) is 7.11 Å². The van der Waals surface area contributed by atoms with E-state index in [1.165, 1.54) is 0 Å². The number of hydrogen-bond acceptors (Lipinski definition) is 3. The Labute approximate surface area is 134 Å². The molecule has 2 atom stereocenters. The Morgan fingerprint density at radius 1 is 1.09 bits per heavy atom. The third-order valence-electron chi connectivity index (χ3n) is 4.11. The van der Waals surface area contributed by atoms with E-state index in [-0.39, 0.29) is 17.7 Å². The number of methoxy groups -OCH3 is 1. The minimum atomic E-state index is -0.482. The van der Waals surface area contributed by atoms with Crippen molar-refractivity contribution in [1.29, 1.82) is 0 Å². The Kier molecular flexibility index (Phi) is 4.02. The van der Waals surface area contributed by atoms with Crippen LogP contribution in [0.1, 0.15) is 28.3 Å². The first-order valence-corrected chi connectivity index (χ1v) is 7.43. The Morgan fingerprint density at radius 3 is 2.30 bits per heavy atom. The standard InChI is InChI=1S/C18H18N2O3/c1-23-14-8-4-11(5-9-14)15-10-16(15)18(22)20-13-6-2-12(3-7-13)17(19)21/h2-9,15-16H,10H2,1H3,(H2,19,21)(H,20,22). The second-order valence-electron chi connectivity index (χ2n) is 5.65. The number of nitrogens with two attached hydrogens (primary N) is 1. The van der Waals surface area contributed by atoms with Crippen molar-refractivity contribution in [3.8, 4) is 5.75 Å². The molecule has 23 heavy (non-hydrogen) atoms. The van der Waals surface area contributed by atoms with Crippen LogP contribution in [0.3, 0.4) is 0 Å². The Hall–Kier alpha value is -2.82. The van der Waals surface area contributed by atoms with Crippen molar-refractivity contribution in [2.45, 2.75) is 12.3 Å². The number of carbonyl (C=O) groups is 2. The van der Waals surface area contributed by atoms with Gasteiger partial charge in [-0.15, -0.1) is 0 Å². The molecule has 0 heterocycles. The highest BCUT2D eigenvalue weighted by atomic mass is 16.5. The van der Waals surface area contributed by atoms with Gasteiger partial charge in [-0.1, -0.05) is 12.1 Å². The van der Waals surface area contributed by atoms with Gasteiger partial charge in [-0.25, -0.2) is 0 Å². The Balaban J connectivity index is 1.60. The first-order chi connectivity index (χ1) is 11.1. The van der Waals surface area contributed by atoms with Gasteiger partial charge in [0.2, 0.25) is 11.8 Å². The van der Waals surface area contributed by atoms with Gasteiger partial charge in [-0.05, 0) is 54.3 Å². The van der Waals surface area contributed by atoms with Crippen molar-refractivity contribution in [3.63, 3.8) is 0 Å². The van der Waals surface area contributed by atoms with Gasteiger partial charge in [0, 0.05) is 17.2 Å². The fraction of sp³-hybridized carbons (Fsp3) is 0.222. The van der Waals surface area contributed by atoms with Crippen molar-refractivity contribution in [3.05, 3.63) is 59.7 Å². The number of ether oxygens (including phenoxy) is 1. The van der Waals surface area contributed by atoms with E-state index >= 15 is 0 Å². The van der Waals surface area contributed by atoms with Crippen LogP contribution in [0.5, 0.6) is 5.75 Å². The molecule has 5 nitrogen and oxygen atoms in total. The lowest BCUT2D eigenvalue weighted by Crippen LogP contribution is -2.15. The lowest BCUT2D eigenvalue weighted by atomic mass is 10.1. The highest BCUT2D eigenvalue weighted by Gasteiger charge is 2.43. The Morgan fingerprint density at radius 2 is 1.74 bits per heavy atom. The molecule has 0 saturated heterocycles. The summed E-state index contributed by atoms with van der Waals surface area (Å²) < 4.78 is 5.14. The highest BCUT2D eigenvalue weighted by Crippen LogP contribution is 2.48. The smallest absolute Gasteiger partial charge is 0.248 e. The first-order valence-electron chi connectivity index (χ1n) is 7.43. The van der Waals surface area contributed by atoms with Gasteiger partial charge in [0.1, 0.15) is 5.75 Å². The summed E-state index contributed by atoms with van der Waals surface area (Å²) in [6.45, 7) is 0. The zero-order chi connectivity index (χ0) is 16.4. The molecule has 1 saturated carbocycles. The lowest BCUT2D eigenvalue weighted by molar-refractivity contribution is -0.117. The van der Waals surface area contributed by atoms with E-state index in [4.69, 9.17) is 10.5 Å². The number of carbonyl (C=O) groups excluding carboxylic acids is 2. The van der Waals surface area contributed by atoms with Gasteiger partial charge in [0.25, 0.3) is 0 Å². The molecule has 0 spiro atoms. The zero-order valence-electron chi connectivity index (χ0n) is 12.8. The van der Waals surface area contributed by atoms with Crippen molar-refractivity contribution in [2.24, 2.45) is 11.7 Å². The average molecular weight is 310 g/mol. The number of rotatable bonds is 5. The molecule has 2 aromatic rings. The molecule has 0 radical (unpaired) electrons. The second kappa shape index (κ2) is 6.12. The minimum absolute atomic E-state index is 0.00218. The molecule has 2 amide bonds. The van der Waals surface area contributed by atoms with Gasteiger partial charge in [0.15, 0.2) is 0 Å². The average Bonchev–Trinajstić information content (AvgIpc) is 3.36. The zero-order valence-corrected chi connectivity index (χ0v) is 12.8. The monoisotopic (exact) mass is 310 g/mol. The molecule has 3 rings (SSSR count). The number of hydrogen-bond donors (Lipinski definition) is 2. The maximum atomic E-state index is 12.3. The van der Waals surface area contributed by atoms with Crippen molar-refractivity contribution in [2.75, 3.05) is 12.4 Å². The molecule has 1 aliphatic rings. The van der Waals surface area contributed by atoms with E-state index in [1.54, 1.807) is 31.4 Å². The molecular weight excluding hydrogens is 292 g/mol. The quantitative estimate of drug-likeness (QED) is 0.890. The van der Waals surface area contributed by atoms with Crippen molar-refractivity contribution < 1.29 is 14.3 Å². The number of amides is 2. The van der Waals surface area contributed by atoms with Crippen LogP contribution in [0.4, 0.5) is 5.69 Å². The fourth-order valence-electron chi connectivity index (χ4n) is 2.66. The molecule has 0 bridgehead atoms. The van der Waals surface area contributed by atoms with E-state index < -0.39 is 5.91 Å². The van der Waals surface area contributed by atoms with E-state index in [0.29, 0.717) is 11.3 Å². The van der Waals surface area contributed by atoms with Crippen LogP contribution >= 0.6 is 0 Å². The van der Waals surface area contributed by atoms with Crippen LogP contribution in [0.25, 0.3) is 0 Å². The Bertz CT molecular complexity index is 723. The summed E-state index contributed by atoms with van der Waals surface area (Å²) in [7, 11) is 1.63. The van der Waals surface area contributed by atoms with Crippen molar-refractivity contribution in [1.82, 2.24) is 0 Å². The number of primary amides is 1. The van der Waals surface area contributed by atoms with Gasteiger partial charge >= 0.3 is 0 Å². The summed E-state index contributed by atoms with van der Waals surface area (Å²) in [6, 6.07) is 14.4. The fourth-order valence-corrected chi connectivity index (χ4v) is 2.66. The molecule has 3 N–H and O–H groups in total. The SMILES string of the molecule is COc1ccc(C2CC2C(=O)Nc2ccc(C(N)=O)cc2)cc1. The molecule has 2 unspecified atom stereocenters. The van der Waals surface area contributed by atoms with Gasteiger partial charge < -0.3 is 15.8 Å². The van der Waals surface area contributed by atoms with E-state index in [1.807, 2.05) is 24.3 Å². The summed E-state index contributed by atoms with van der Waals surface area (Å²) in [4.78, 5) is 23.3. The highest BCUT2D eigenvalue weighted by molar-refractivity contribution is 5.96. The normalized spacial score (nSPS) is 19.0. The molecule has 2 aromatic carbocycles. The summed E-state index contributed by atoms with van der Waals surface area (Å²) in [5.74, 6) is 0.567. The van der Waals surface area contributed by atoms with Crippen LogP contribution in [-0.4, -0.2) is 18.9 Å². The molecule has 118 valence electrons. The van der Waals surface area contributed by atoms with Gasteiger partial charge in [-0.2, -0.15) is 0 Å². The molecule has 0 aliphatic heterocycles. The second-order valence-corrected chi connectivity index (χ2v) is 5.65. The number of benzene rings is 2. The topological polar surface area (TPSA) is 81.4 Å². The summed E-state index contributed by atoms with van der Waals surface area (Å²) in [5, 5.41) is 2.88. The number of anilines is 1. The van der Waals surface area contributed by atoms with Crippen LogP contribution in [-0.2, 0) is 4.79 Å². The van der Waals surface area contributed by atoms with E-state index in [9.17, 15) is 9.59 Å². The van der Waals surface area contributed by atoms with Crippen LogP contribution in [0.15, 0.2) is 48.5 Å². The summed E-state index contributed by atoms with van der Waals surface area (Å²) in [5.41, 5.74) is 7.43. The minimum Gasteiger partial charge on any atom is -0.497 e. The van der Waals surface area contributed by atoms with Crippen LogP contribution < -0.4 is 15.8 Å². The van der Waals surface area contributed by atoms with Crippen molar-refractivity contribution >= 4 is 17.5 Å². The summed E-state index contributed by atoms with van der Waals surface area (Å²) in [6.07, 6.45) is 0.845. The molecular formula is C18H18N2O3. The molecule has 1 fully saturated rings. The predicted molar refractivity (Wildman–Crippen MR) is 87.4 cm³/mol.